The average Bonchev–Trinajstić information content (AvgIpc) is 2.84. The molecule has 0 saturated heterocycles. The number of thiophene rings is 1. The molecule has 15 heavy (non-hydrogen) atoms. The van der Waals surface area contributed by atoms with Gasteiger partial charge in [-0.3, -0.25) is 0 Å². The van der Waals surface area contributed by atoms with Gasteiger partial charge >= 0.3 is 0 Å². The molecule has 0 atom stereocenters. The zero-order valence-electron chi connectivity index (χ0n) is 8.07. The summed E-state index contributed by atoms with van der Waals surface area (Å²) < 4.78 is 1.19. The Bertz CT molecular complexity index is 397. The van der Waals surface area contributed by atoms with Crippen molar-refractivity contribution < 1.29 is 0 Å². The summed E-state index contributed by atoms with van der Waals surface area (Å²) in [6.45, 7) is 1.93. The molecule has 2 rings (SSSR count). The lowest BCUT2D eigenvalue weighted by Crippen LogP contribution is -2.15. The molecular formula is C10H11BrN2S2. The summed E-state index contributed by atoms with van der Waals surface area (Å²) in [5, 5.41) is 5.51. The fourth-order valence-electron chi connectivity index (χ4n) is 1.24. The van der Waals surface area contributed by atoms with E-state index in [9.17, 15) is 0 Å². The molecule has 2 aromatic rings. The van der Waals surface area contributed by atoms with Gasteiger partial charge < -0.3 is 5.32 Å². The van der Waals surface area contributed by atoms with Crippen LogP contribution in [0, 0.1) is 0 Å². The van der Waals surface area contributed by atoms with Crippen LogP contribution < -0.4 is 5.32 Å². The van der Waals surface area contributed by atoms with Crippen LogP contribution in [0.3, 0.4) is 0 Å². The van der Waals surface area contributed by atoms with Crippen LogP contribution in [-0.2, 0) is 13.0 Å². The molecule has 0 radical (unpaired) electrons. The van der Waals surface area contributed by atoms with E-state index in [2.05, 4.69) is 43.7 Å². The van der Waals surface area contributed by atoms with Crippen LogP contribution in [0.2, 0.25) is 0 Å². The van der Waals surface area contributed by atoms with Crippen molar-refractivity contribution in [3.05, 3.63) is 37.4 Å². The lowest BCUT2D eigenvalue weighted by atomic mass is 10.3. The highest BCUT2D eigenvalue weighted by Crippen LogP contribution is 2.21. The van der Waals surface area contributed by atoms with Crippen LogP contribution in [0.1, 0.15) is 10.6 Å². The second-order valence-corrected chi connectivity index (χ2v) is 6.38. The van der Waals surface area contributed by atoms with Gasteiger partial charge in [-0.15, -0.1) is 22.7 Å². The van der Waals surface area contributed by atoms with Gasteiger partial charge in [0, 0.05) is 29.8 Å². The molecule has 2 heterocycles. The molecule has 0 spiro atoms. The summed E-state index contributed by atoms with van der Waals surface area (Å²) in [7, 11) is 0. The van der Waals surface area contributed by atoms with Gasteiger partial charge in [0.05, 0.1) is 15.0 Å². The monoisotopic (exact) mass is 302 g/mol. The molecular weight excluding hydrogens is 292 g/mol. The number of nitrogens with zero attached hydrogens (tertiary/aromatic N) is 1. The quantitative estimate of drug-likeness (QED) is 0.857. The summed E-state index contributed by atoms with van der Waals surface area (Å²) in [5.41, 5.74) is 3.06. The molecule has 0 aliphatic rings. The highest BCUT2D eigenvalue weighted by molar-refractivity contribution is 9.11. The Morgan fingerprint density at radius 2 is 2.33 bits per heavy atom. The van der Waals surface area contributed by atoms with Crippen molar-refractivity contribution in [1.82, 2.24) is 10.3 Å². The zero-order valence-corrected chi connectivity index (χ0v) is 11.3. The molecule has 2 nitrogen and oxygen atoms in total. The minimum absolute atomic E-state index is 0.945. The van der Waals surface area contributed by atoms with Crippen molar-refractivity contribution in [2.45, 2.75) is 13.0 Å². The summed E-state index contributed by atoms with van der Waals surface area (Å²) >= 11 is 6.89. The Kier molecular flexibility index (Phi) is 4.31. The highest BCUT2D eigenvalue weighted by Gasteiger charge is 1.98. The van der Waals surface area contributed by atoms with E-state index in [0.717, 1.165) is 19.5 Å². The summed E-state index contributed by atoms with van der Waals surface area (Å²) in [6.07, 6.45) is 1.01. The van der Waals surface area contributed by atoms with Crippen LogP contribution in [-0.4, -0.2) is 11.5 Å². The lowest BCUT2D eigenvalue weighted by molar-refractivity contribution is 0.688. The van der Waals surface area contributed by atoms with E-state index < -0.39 is 0 Å². The summed E-state index contributed by atoms with van der Waals surface area (Å²) in [6, 6.07) is 4.23. The predicted molar refractivity (Wildman–Crippen MR) is 69.5 cm³/mol. The van der Waals surface area contributed by atoms with Crippen LogP contribution in [0.25, 0.3) is 0 Å². The predicted octanol–water partition coefficient (Wildman–Crippen LogP) is 3.30. The third kappa shape index (κ3) is 3.68. The molecule has 0 aromatic carbocycles. The second kappa shape index (κ2) is 5.75. The number of aromatic nitrogens is 1. The Morgan fingerprint density at radius 1 is 1.40 bits per heavy atom. The van der Waals surface area contributed by atoms with E-state index in [1.807, 2.05) is 5.51 Å². The number of thiazole rings is 1. The van der Waals surface area contributed by atoms with Crippen molar-refractivity contribution in [3.8, 4) is 0 Å². The molecule has 0 amide bonds. The third-order valence-electron chi connectivity index (χ3n) is 1.97. The number of hydrogen-bond acceptors (Lipinski definition) is 4. The maximum absolute atomic E-state index is 4.24. The molecule has 0 aliphatic heterocycles. The minimum atomic E-state index is 0.945. The van der Waals surface area contributed by atoms with Crippen LogP contribution in [0.5, 0.6) is 0 Å². The topological polar surface area (TPSA) is 24.9 Å². The first kappa shape index (κ1) is 11.3. The normalized spacial score (nSPS) is 10.7. The maximum Gasteiger partial charge on any atom is 0.0794 e. The first-order valence-corrected chi connectivity index (χ1v) is 7.22. The van der Waals surface area contributed by atoms with Crippen molar-refractivity contribution in [1.29, 1.82) is 0 Å². The van der Waals surface area contributed by atoms with Gasteiger partial charge in [-0.05, 0) is 28.1 Å². The van der Waals surface area contributed by atoms with Gasteiger partial charge in [-0.1, -0.05) is 0 Å². The fourth-order valence-corrected chi connectivity index (χ4v) is 3.28. The van der Waals surface area contributed by atoms with E-state index >= 15 is 0 Å². The van der Waals surface area contributed by atoms with Gasteiger partial charge in [0.1, 0.15) is 0 Å². The van der Waals surface area contributed by atoms with E-state index in [4.69, 9.17) is 0 Å². The zero-order chi connectivity index (χ0) is 10.5. The molecule has 0 aliphatic carbocycles. The standard InChI is InChI=1S/C10H11BrN2S2/c11-10-2-1-9(15-10)5-12-4-3-8-6-14-7-13-8/h1-2,6-7,12H,3-5H2. The van der Waals surface area contributed by atoms with Crippen molar-refractivity contribution >= 4 is 38.6 Å². The summed E-state index contributed by atoms with van der Waals surface area (Å²) in [5.74, 6) is 0. The van der Waals surface area contributed by atoms with Gasteiger partial charge in [0.15, 0.2) is 0 Å². The van der Waals surface area contributed by atoms with E-state index in [0.29, 0.717) is 0 Å². The van der Waals surface area contributed by atoms with Gasteiger partial charge in [0.2, 0.25) is 0 Å². The third-order valence-corrected chi connectivity index (χ3v) is 4.23. The smallest absolute Gasteiger partial charge is 0.0794 e. The largest absolute Gasteiger partial charge is 0.311 e. The summed E-state index contributed by atoms with van der Waals surface area (Å²) in [4.78, 5) is 5.60. The fraction of sp³-hybridized carbons (Fsp3) is 0.300. The Morgan fingerprint density at radius 3 is 3.00 bits per heavy atom. The van der Waals surface area contributed by atoms with Crippen LogP contribution in [0.4, 0.5) is 0 Å². The van der Waals surface area contributed by atoms with Crippen molar-refractivity contribution in [2.24, 2.45) is 0 Å². The first-order chi connectivity index (χ1) is 7.34. The first-order valence-electron chi connectivity index (χ1n) is 4.66. The molecule has 0 bridgehead atoms. The molecule has 80 valence electrons. The highest BCUT2D eigenvalue weighted by atomic mass is 79.9. The number of hydrogen-bond donors (Lipinski definition) is 1. The van der Waals surface area contributed by atoms with Crippen LogP contribution in [0.15, 0.2) is 26.8 Å². The molecule has 0 saturated carbocycles. The Hall–Kier alpha value is -0.230. The van der Waals surface area contributed by atoms with Gasteiger partial charge in [0.25, 0.3) is 0 Å². The molecule has 2 aromatic heterocycles. The number of nitrogens with one attached hydrogen (secondary N) is 1. The molecule has 0 unspecified atom stereocenters. The van der Waals surface area contributed by atoms with Gasteiger partial charge in [-0.25, -0.2) is 4.98 Å². The van der Waals surface area contributed by atoms with E-state index in [1.54, 1.807) is 22.7 Å². The molecule has 0 fully saturated rings. The van der Waals surface area contributed by atoms with E-state index in [-0.39, 0.29) is 0 Å². The second-order valence-electron chi connectivity index (χ2n) is 3.11. The number of halogens is 1. The van der Waals surface area contributed by atoms with Gasteiger partial charge in [-0.2, -0.15) is 0 Å². The maximum atomic E-state index is 4.24. The SMILES string of the molecule is Brc1ccc(CNCCc2cscn2)s1. The van der Waals surface area contributed by atoms with Crippen molar-refractivity contribution in [3.63, 3.8) is 0 Å². The lowest BCUT2D eigenvalue weighted by Gasteiger charge is -2.00. The molecule has 5 heteroatoms. The Labute approximate surface area is 106 Å². The van der Waals surface area contributed by atoms with E-state index in [1.165, 1.54) is 14.4 Å². The van der Waals surface area contributed by atoms with Crippen molar-refractivity contribution in [2.75, 3.05) is 6.54 Å². The molecule has 1 N–H and O–H groups in total. The Balaban J connectivity index is 1.67. The van der Waals surface area contributed by atoms with Crippen LogP contribution >= 0.6 is 38.6 Å². The minimum Gasteiger partial charge on any atom is -0.311 e. The number of rotatable bonds is 5. The average molecular weight is 303 g/mol.